The van der Waals surface area contributed by atoms with Crippen LogP contribution in [0.3, 0.4) is 0 Å². The van der Waals surface area contributed by atoms with Gasteiger partial charge in [0.2, 0.25) is 11.8 Å². The number of hydrogen-bond donors (Lipinski definition) is 3. The molecule has 2 aliphatic rings. The summed E-state index contributed by atoms with van der Waals surface area (Å²) in [6.07, 6.45) is 2.21. The largest absolute Gasteiger partial charge is 0.398 e. The van der Waals surface area contributed by atoms with E-state index in [0.717, 1.165) is 16.5 Å². The highest BCUT2D eigenvalue weighted by molar-refractivity contribution is 6.03. The van der Waals surface area contributed by atoms with E-state index in [1.807, 2.05) is 13.0 Å². The van der Waals surface area contributed by atoms with Gasteiger partial charge < -0.3 is 21.3 Å². The molecule has 2 aromatic rings. The number of fused-ring (bicyclic) bond motifs is 1. The predicted octanol–water partition coefficient (Wildman–Crippen LogP) is 1.24. The minimum atomic E-state index is -0.261. The molecule has 3 unspecified atom stereocenters. The summed E-state index contributed by atoms with van der Waals surface area (Å²) < 4.78 is 0. The first-order chi connectivity index (χ1) is 13.0. The highest BCUT2D eigenvalue weighted by Gasteiger charge is 2.43. The van der Waals surface area contributed by atoms with E-state index in [-0.39, 0.29) is 29.7 Å². The van der Waals surface area contributed by atoms with Crippen molar-refractivity contribution in [1.29, 1.82) is 5.26 Å². The summed E-state index contributed by atoms with van der Waals surface area (Å²) in [7, 11) is 0. The maximum absolute atomic E-state index is 12.3. The minimum Gasteiger partial charge on any atom is -0.398 e. The van der Waals surface area contributed by atoms with Crippen LogP contribution in [0.5, 0.6) is 0 Å². The zero-order valence-electron chi connectivity index (χ0n) is 14.9. The molecule has 0 bridgehead atoms. The van der Waals surface area contributed by atoms with Crippen molar-refractivity contribution in [3.8, 4) is 6.07 Å². The fourth-order valence-electron chi connectivity index (χ4n) is 3.53. The van der Waals surface area contributed by atoms with Gasteiger partial charge in [-0.15, -0.1) is 0 Å². The van der Waals surface area contributed by atoms with Crippen LogP contribution in [0.25, 0.3) is 10.8 Å². The number of nitriles is 1. The molecule has 27 heavy (non-hydrogen) atoms. The molecule has 1 aliphatic carbocycles. The molecule has 1 saturated carbocycles. The Bertz CT molecular complexity index is 982. The zero-order chi connectivity index (χ0) is 19.1. The van der Waals surface area contributed by atoms with Gasteiger partial charge >= 0.3 is 0 Å². The number of nitrogens with two attached hydrogens (primary N) is 1. The lowest BCUT2D eigenvalue weighted by molar-refractivity contribution is -0.119. The average molecular weight is 364 g/mol. The summed E-state index contributed by atoms with van der Waals surface area (Å²) in [5.74, 6) is -0.252. The molecule has 2 heterocycles. The summed E-state index contributed by atoms with van der Waals surface area (Å²) in [6, 6.07) is 7.53. The molecule has 0 spiro atoms. The minimum absolute atomic E-state index is 0.00800. The van der Waals surface area contributed by atoms with Gasteiger partial charge in [-0.2, -0.15) is 5.26 Å². The van der Waals surface area contributed by atoms with Crippen LogP contribution in [0.4, 0.5) is 17.2 Å². The lowest BCUT2D eigenvalue weighted by Crippen LogP contribution is -2.53. The Morgan fingerprint density at radius 2 is 2.26 bits per heavy atom. The molecule has 1 aliphatic heterocycles. The molecular weight excluding hydrogens is 344 g/mol. The maximum Gasteiger partial charge on any atom is 0.241 e. The van der Waals surface area contributed by atoms with Crippen molar-refractivity contribution in [2.75, 3.05) is 29.0 Å². The second kappa shape index (κ2) is 6.52. The number of nitrogens with zero attached hydrogens (tertiary/aromatic N) is 3. The molecule has 2 amide bonds. The molecule has 0 radical (unpaired) electrons. The molecule has 1 aromatic carbocycles. The zero-order valence-corrected chi connectivity index (χ0v) is 14.9. The Morgan fingerprint density at radius 1 is 1.44 bits per heavy atom. The van der Waals surface area contributed by atoms with Crippen LogP contribution in [0, 0.1) is 23.2 Å². The van der Waals surface area contributed by atoms with Crippen molar-refractivity contribution in [2.45, 2.75) is 19.4 Å². The van der Waals surface area contributed by atoms with Crippen molar-refractivity contribution in [2.24, 2.45) is 11.8 Å². The summed E-state index contributed by atoms with van der Waals surface area (Å²) in [6.45, 7) is 2.98. The predicted molar refractivity (Wildman–Crippen MR) is 102 cm³/mol. The Kier molecular flexibility index (Phi) is 4.16. The highest BCUT2D eigenvalue weighted by atomic mass is 16.2. The number of rotatable bonds is 3. The highest BCUT2D eigenvalue weighted by Crippen LogP contribution is 2.38. The van der Waals surface area contributed by atoms with Gasteiger partial charge in [0, 0.05) is 35.5 Å². The maximum atomic E-state index is 12.3. The van der Waals surface area contributed by atoms with Crippen LogP contribution < -0.4 is 21.3 Å². The molecule has 4 N–H and O–H groups in total. The Hall–Kier alpha value is -3.18. The number of aromatic nitrogens is 1. The second-order valence-electron chi connectivity index (χ2n) is 7.14. The second-order valence-corrected chi connectivity index (χ2v) is 7.14. The molecule has 138 valence electrons. The van der Waals surface area contributed by atoms with Crippen LogP contribution in [0.15, 0.2) is 24.4 Å². The summed E-state index contributed by atoms with van der Waals surface area (Å²) in [5, 5.41) is 16.3. The quantitative estimate of drug-likeness (QED) is 0.704. The van der Waals surface area contributed by atoms with Crippen molar-refractivity contribution in [3.63, 3.8) is 0 Å². The summed E-state index contributed by atoms with van der Waals surface area (Å²) in [5.41, 5.74) is 7.44. The molecule has 8 heteroatoms. The number of hydrogen-bond acceptors (Lipinski definition) is 6. The van der Waals surface area contributed by atoms with Crippen molar-refractivity contribution >= 4 is 39.8 Å². The van der Waals surface area contributed by atoms with Gasteiger partial charge in [-0.25, -0.2) is 4.98 Å². The fraction of sp³-hybridized carbons (Fsp3) is 0.368. The number of piperazine rings is 1. The SMILES string of the molecule is CC1CNCC(=O)N1c1cc(N)c2cnc(NC(=O)C3CC3C#N)cc2c1. The third-order valence-electron chi connectivity index (χ3n) is 5.10. The first kappa shape index (κ1) is 17.2. The molecule has 1 aromatic heterocycles. The number of nitrogen functional groups attached to an aromatic ring is 1. The van der Waals surface area contributed by atoms with Gasteiger partial charge in [-0.3, -0.25) is 9.59 Å². The van der Waals surface area contributed by atoms with Crippen LogP contribution in [-0.4, -0.2) is 35.9 Å². The fourth-order valence-corrected chi connectivity index (χ4v) is 3.53. The van der Waals surface area contributed by atoms with Crippen LogP contribution in [-0.2, 0) is 9.59 Å². The molecular formula is C19H20N6O2. The van der Waals surface area contributed by atoms with E-state index in [4.69, 9.17) is 11.0 Å². The number of carbonyl (C=O) groups is 2. The molecule has 1 saturated heterocycles. The summed E-state index contributed by atoms with van der Waals surface area (Å²) >= 11 is 0. The van der Waals surface area contributed by atoms with E-state index in [9.17, 15) is 9.59 Å². The average Bonchev–Trinajstić information content (AvgIpc) is 3.41. The van der Waals surface area contributed by atoms with E-state index < -0.39 is 0 Å². The number of pyridine rings is 1. The van der Waals surface area contributed by atoms with E-state index in [1.54, 1.807) is 23.2 Å². The topological polar surface area (TPSA) is 124 Å². The van der Waals surface area contributed by atoms with Gasteiger partial charge in [0.1, 0.15) is 5.82 Å². The van der Waals surface area contributed by atoms with E-state index >= 15 is 0 Å². The first-order valence-electron chi connectivity index (χ1n) is 8.90. The third kappa shape index (κ3) is 3.17. The number of carbonyl (C=O) groups excluding carboxylic acids is 2. The summed E-state index contributed by atoms with van der Waals surface area (Å²) in [4.78, 5) is 30.5. The van der Waals surface area contributed by atoms with Crippen molar-refractivity contribution < 1.29 is 9.59 Å². The van der Waals surface area contributed by atoms with Gasteiger partial charge in [-0.1, -0.05) is 0 Å². The Labute approximate surface area is 156 Å². The van der Waals surface area contributed by atoms with Crippen LogP contribution in [0.2, 0.25) is 0 Å². The van der Waals surface area contributed by atoms with E-state index in [1.165, 1.54) is 0 Å². The Morgan fingerprint density at radius 3 is 2.96 bits per heavy atom. The number of benzene rings is 1. The molecule has 4 rings (SSSR count). The van der Waals surface area contributed by atoms with E-state index in [2.05, 4.69) is 21.7 Å². The standard InChI is InChI=1S/C19H20N6O2/c1-10-7-22-9-18(26)25(10)13-2-11-4-17(23-8-15(11)16(21)5-13)24-19(27)14-3-12(14)6-20/h2,4-5,8,10,12,14,22H,3,7,9,21H2,1H3,(H,23,24,27). The monoisotopic (exact) mass is 364 g/mol. The van der Waals surface area contributed by atoms with Crippen molar-refractivity contribution in [1.82, 2.24) is 10.3 Å². The van der Waals surface area contributed by atoms with Gasteiger partial charge in [0.05, 0.1) is 24.4 Å². The normalized spacial score (nSPS) is 24.5. The van der Waals surface area contributed by atoms with Crippen LogP contribution in [0.1, 0.15) is 13.3 Å². The lowest BCUT2D eigenvalue weighted by Gasteiger charge is -2.34. The van der Waals surface area contributed by atoms with Gasteiger partial charge in [0.15, 0.2) is 0 Å². The van der Waals surface area contributed by atoms with Gasteiger partial charge in [0.25, 0.3) is 0 Å². The van der Waals surface area contributed by atoms with Crippen molar-refractivity contribution in [3.05, 3.63) is 24.4 Å². The smallest absolute Gasteiger partial charge is 0.241 e. The van der Waals surface area contributed by atoms with Gasteiger partial charge in [-0.05, 0) is 36.9 Å². The van der Waals surface area contributed by atoms with E-state index in [0.29, 0.717) is 31.0 Å². The molecule has 8 nitrogen and oxygen atoms in total. The molecule has 3 atom stereocenters. The Balaban J connectivity index is 1.65. The molecule has 2 fully saturated rings. The lowest BCUT2D eigenvalue weighted by atomic mass is 10.1. The first-order valence-corrected chi connectivity index (χ1v) is 8.90. The van der Waals surface area contributed by atoms with Crippen LogP contribution >= 0.6 is 0 Å². The third-order valence-corrected chi connectivity index (χ3v) is 5.10. The number of amides is 2. The number of nitrogens with one attached hydrogen (secondary N) is 2. The number of anilines is 3.